The lowest BCUT2D eigenvalue weighted by Crippen LogP contribution is -2.51. The Balaban J connectivity index is 1.74. The third-order valence-corrected chi connectivity index (χ3v) is 5.00. The van der Waals surface area contributed by atoms with Crippen LogP contribution in [0.25, 0.3) is 0 Å². The van der Waals surface area contributed by atoms with Gasteiger partial charge in [0.2, 0.25) is 5.91 Å². The van der Waals surface area contributed by atoms with E-state index in [4.69, 9.17) is 5.73 Å². The van der Waals surface area contributed by atoms with Crippen LogP contribution in [0.3, 0.4) is 0 Å². The van der Waals surface area contributed by atoms with E-state index in [1.807, 2.05) is 0 Å². The van der Waals surface area contributed by atoms with E-state index >= 15 is 0 Å². The largest absolute Gasteiger partial charge is 0.389 e. The molecule has 1 aliphatic rings. The van der Waals surface area contributed by atoms with Gasteiger partial charge in [-0.05, 0) is 50.1 Å². The highest BCUT2D eigenvalue weighted by molar-refractivity contribution is 5.95. The minimum Gasteiger partial charge on any atom is -0.389 e. The first-order valence-electron chi connectivity index (χ1n) is 8.34. The first kappa shape index (κ1) is 18.5. The van der Waals surface area contributed by atoms with Crippen LogP contribution in [-0.4, -0.2) is 46.9 Å². The van der Waals surface area contributed by atoms with Crippen molar-refractivity contribution < 1.29 is 19.1 Å². The number of benzene rings is 1. The zero-order chi connectivity index (χ0) is 17.7. The lowest BCUT2D eigenvalue weighted by molar-refractivity contribution is -0.134. The average molecular weight is 336 g/mol. The third-order valence-electron chi connectivity index (χ3n) is 5.00. The predicted molar refractivity (Wildman–Crippen MR) is 88.9 cm³/mol. The van der Waals surface area contributed by atoms with Crippen LogP contribution in [0.1, 0.15) is 43.0 Å². The summed E-state index contributed by atoms with van der Waals surface area (Å²) in [6.07, 6.45) is 2.12. The van der Waals surface area contributed by atoms with E-state index in [0.717, 1.165) is 6.54 Å². The summed E-state index contributed by atoms with van der Waals surface area (Å²) in [4.78, 5) is 25.5. The summed E-state index contributed by atoms with van der Waals surface area (Å²) in [5.74, 6) is -1.38. The molecule has 1 amide bonds. The van der Waals surface area contributed by atoms with E-state index < -0.39 is 17.4 Å². The lowest BCUT2D eigenvalue weighted by Gasteiger charge is -2.40. The van der Waals surface area contributed by atoms with Gasteiger partial charge in [-0.3, -0.25) is 9.59 Å². The summed E-state index contributed by atoms with van der Waals surface area (Å²) >= 11 is 0. The van der Waals surface area contributed by atoms with E-state index in [0.29, 0.717) is 44.3 Å². The van der Waals surface area contributed by atoms with E-state index in [1.165, 1.54) is 24.3 Å². The zero-order valence-corrected chi connectivity index (χ0v) is 14.0. The molecule has 0 bridgehead atoms. The van der Waals surface area contributed by atoms with Crippen molar-refractivity contribution in [1.82, 2.24) is 4.90 Å². The van der Waals surface area contributed by atoms with Crippen molar-refractivity contribution in [3.8, 4) is 0 Å². The van der Waals surface area contributed by atoms with Crippen molar-refractivity contribution >= 4 is 11.7 Å². The van der Waals surface area contributed by atoms with E-state index in [-0.39, 0.29) is 11.6 Å². The minimum atomic E-state index is -1.02. The van der Waals surface area contributed by atoms with E-state index in [9.17, 15) is 19.1 Å². The maximum atomic E-state index is 12.8. The molecule has 0 aliphatic carbocycles. The highest BCUT2D eigenvalue weighted by Gasteiger charge is 2.39. The standard InChI is InChI=1S/C18H25FN2O3/c1-13(17(20)23)18(24)8-11-21(12-9-18)10-2-3-16(22)14-4-6-15(19)7-5-14/h4-7,13,24H,2-3,8-12H2,1H3,(H2,20,23). The van der Waals surface area contributed by atoms with Crippen LogP contribution in [0.2, 0.25) is 0 Å². The second-order valence-electron chi connectivity index (χ2n) is 6.60. The number of amides is 1. The number of aliphatic hydroxyl groups is 1. The number of ketones is 1. The Labute approximate surface area is 141 Å². The van der Waals surface area contributed by atoms with Crippen LogP contribution >= 0.6 is 0 Å². The molecule has 0 saturated carbocycles. The van der Waals surface area contributed by atoms with Crippen LogP contribution in [-0.2, 0) is 4.79 Å². The predicted octanol–water partition coefficient (Wildman–Crippen LogP) is 1.74. The van der Waals surface area contributed by atoms with Crippen LogP contribution in [0.5, 0.6) is 0 Å². The number of primary amides is 1. The van der Waals surface area contributed by atoms with Gasteiger partial charge in [0.15, 0.2) is 5.78 Å². The van der Waals surface area contributed by atoms with Gasteiger partial charge >= 0.3 is 0 Å². The Kier molecular flexibility index (Phi) is 6.07. The zero-order valence-electron chi connectivity index (χ0n) is 14.0. The molecule has 0 radical (unpaired) electrons. The Bertz CT molecular complexity index is 580. The van der Waals surface area contributed by atoms with Crippen LogP contribution in [0, 0.1) is 11.7 Å². The van der Waals surface area contributed by atoms with Gasteiger partial charge in [-0.15, -0.1) is 0 Å². The SMILES string of the molecule is CC(C(N)=O)C1(O)CCN(CCCC(=O)c2ccc(F)cc2)CC1. The topological polar surface area (TPSA) is 83.6 Å². The van der Waals surface area contributed by atoms with Crippen LogP contribution in [0.4, 0.5) is 4.39 Å². The normalized spacial score (nSPS) is 19.0. The maximum Gasteiger partial charge on any atom is 0.223 e. The number of carbonyl (C=O) groups excluding carboxylic acids is 2. The molecule has 1 fully saturated rings. The molecule has 1 heterocycles. The highest BCUT2D eigenvalue weighted by atomic mass is 19.1. The van der Waals surface area contributed by atoms with Crippen LogP contribution in [0.15, 0.2) is 24.3 Å². The Morgan fingerprint density at radius 3 is 2.42 bits per heavy atom. The average Bonchev–Trinajstić information content (AvgIpc) is 2.56. The first-order chi connectivity index (χ1) is 11.3. The van der Waals surface area contributed by atoms with Crippen molar-refractivity contribution in [2.24, 2.45) is 11.7 Å². The number of hydrogen-bond donors (Lipinski definition) is 2. The summed E-state index contributed by atoms with van der Waals surface area (Å²) in [7, 11) is 0. The number of carbonyl (C=O) groups is 2. The molecule has 0 aromatic heterocycles. The molecule has 1 unspecified atom stereocenters. The molecule has 6 heteroatoms. The van der Waals surface area contributed by atoms with Gasteiger partial charge in [-0.1, -0.05) is 6.92 Å². The first-order valence-corrected chi connectivity index (χ1v) is 8.34. The van der Waals surface area contributed by atoms with Gasteiger partial charge < -0.3 is 15.7 Å². The molecule has 24 heavy (non-hydrogen) atoms. The number of nitrogens with zero attached hydrogens (tertiary/aromatic N) is 1. The number of nitrogens with two attached hydrogens (primary N) is 1. The van der Waals surface area contributed by atoms with Crippen molar-refractivity contribution in [2.75, 3.05) is 19.6 Å². The fourth-order valence-electron chi connectivity index (χ4n) is 3.11. The second kappa shape index (κ2) is 7.85. The van der Waals surface area contributed by atoms with Crippen molar-refractivity contribution in [3.63, 3.8) is 0 Å². The molecule has 1 atom stereocenters. The smallest absolute Gasteiger partial charge is 0.223 e. The molecule has 1 aromatic carbocycles. The minimum absolute atomic E-state index is 0.00543. The quantitative estimate of drug-likeness (QED) is 0.743. The molecule has 2 rings (SSSR count). The summed E-state index contributed by atoms with van der Waals surface area (Å²) in [6.45, 7) is 3.78. The van der Waals surface area contributed by atoms with Gasteiger partial charge in [0.1, 0.15) is 5.82 Å². The van der Waals surface area contributed by atoms with Crippen molar-refractivity contribution in [3.05, 3.63) is 35.6 Å². The molecule has 3 N–H and O–H groups in total. The number of likely N-dealkylation sites (tertiary alicyclic amines) is 1. The third kappa shape index (κ3) is 4.61. The second-order valence-corrected chi connectivity index (χ2v) is 6.60. The molecule has 132 valence electrons. The lowest BCUT2D eigenvalue weighted by atomic mass is 9.80. The fourth-order valence-corrected chi connectivity index (χ4v) is 3.11. The van der Waals surface area contributed by atoms with Crippen molar-refractivity contribution in [2.45, 2.75) is 38.2 Å². The van der Waals surface area contributed by atoms with E-state index in [1.54, 1.807) is 6.92 Å². The summed E-state index contributed by atoms with van der Waals surface area (Å²) in [5.41, 5.74) is 4.80. The number of rotatable bonds is 7. The summed E-state index contributed by atoms with van der Waals surface area (Å²) < 4.78 is 12.8. The molecule has 1 aromatic rings. The molecule has 5 nitrogen and oxygen atoms in total. The van der Waals surface area contributed by atoms with Gasteiger partial charge in [0.25, 0.3) is 0 Å². The fraction of sp³-hybridized carbons (Fsp3) is 0.556. The Morgan fingerprint density at radius 1 is 1.29 bits per heavy atom. The van der Waals surface area contributed by atoms with Gasteiger partial charge in [0, 0.05) is 25.1 Å². The highest BCUT2D eigenvalue weighted by Crippen LogP contribution is 2.29. The summed E-state index contributed by atoms with van der Waals surface area (Å²) in [6, 6.07) is 5.59. The Morgan fingerprint density at radius 2 is 1.88 bits per heavy atom. The number of hydrogen-bond acceptors (Lipinski definition) is 4. The number of piperidine rings is 1. The van der Waals surface area contributed by atoms with Gasteiger partial charge in [-0.25, -0.2) is 4.39 Å². The van der Waals surface area contributed by atoms with E-state index in [2.05, 4.69) is 4.90 Å². The molecule has 1 saturated heterocycles. The van der Waals surface area contributed by atoms with Crippen LogP contribution < -0.4 is 5.73 Å². The molecule has 0 spiro atoms. The monoisotopic (exact) mass is 336 g/mol. The molecular formula is C18H25FN2O3. The van der Waals surface area contributed by atoms with Gasteiger partial charge in [0.05, 0.1) is 11.5 Å². The molecular weight excluding hydrogens is 311 g/mol. The maximum absolute atomic E-state index is 12.8. The summed E-state index contributed by atoms with van der Waals surface area (Å²) in [5, 5.41) is 10.5. The van der Waals surface area contributed by atoms with Gasteiger partial charge in [-0.2, -0.15) is 0 Å². The molecule has 1 aliphatic heterocycles. The van der Waals surface area contributed by atoms with Crippen molar-refractivity contribution in [1.29, 1.82) is 0 Å². The Hall–Kier alpha value is -1.79. The number of Topliss-reactive ketones (excluding diaryl/α,β-unsaturated/α-hetero) is 1. The number of halogens is 1.